The van der Waals surface area contributed by atoms with Gasteiger partial charge in [-0.15, -0.1) is 0 Å². The van der Waals surface area contributed by atoms with Crippen molar-refractivity contribution in [2.75, 3.05) is 10.1 Å². The predicted octanol–water partition coefficient (Wildman–Crippen LogP) is 6.69. The number of aliphatic imine (C=N–C) groups is 1. The normalized spacial score (nSPS) is 16.6. The van der Waals surface area contributed by atoms with Crippen LogP contribution in [0, 0.1) is 13.8 Å². The summed E-state index contributed by atoms with van der Waals surface area (Å²) in [5.41, 5.74) is 2.98. The highest BCUT2D eigenvalue weighted by molar-refractivity contribution is 7.93. The van der Waals surface area contributed by atoms with Gasteiger partial charge < -0.3 is 4.52 Å². The first-order valence-electron chi connectivity index (χ1n) is 14.3. The Morgan fingerprint density at radius 1 is 1.05 bits per heavy atom. The number of hydrogen-bond donors (Lipinski definition) is 0. The number of hydrogen-bond acceptors (Lipinski definition) is 6. The van der Waals surface area contributed by atoms with Crippen molar-refractivity contribution in [1.82, 2.24) is 10.1 Å². The maximum atomic E-state index is 13.8. The molecule has 1 aliphatic heterocycles. The van der Waals surface area contributed by atoms with Crippen molar-refractivity contribution in [3.8, 4) is 11.1 Å². The third kappa shape index (κ3) is 5.07. The van der Waals surface area contributed by atoms with Gasteiger partial charge in [0.2, 0.25) is 10.0 Å². The number of anilines is 2. The Balaban J connectivity index is 1.63. The lowest BCUT2D eigenvalue weighted by atomic mass is 9.97. The predicted molar refractivity (Wildman–Crippen MR) is 158 cm³/mol. The molecule has 9 heteroatoms. The molecule has 1 aromatic heterocycles. The minimum Gasteiger partial charge on any atom is -0.359 e. The minimum absolute atomic E-state index is 0.0748. The summed E-state index contributed by atoms with van der Waals surface area (Å²) >= 11 is 0. The van der Waals surface area contributed by atoms with E-state index in [2.05, 4.69) is 12.1 Å². The van der Waals surface area contributed by atoms with Gasteiger partial charge in [-0.3, -0.25) is 14.7 Å². The molecule has 2 aliphatic rings. The van der Waals surface area contributed by atoms with Gasteiger partial charge in [-0.2, -0.15) is 0 Å². The van der Waals surface area contributed by atoms with Crippen molar-refractivity contribution in [3.63, 3.8) is 0 Å². The number of unbranched alkanes of at least 4 members (excludes halogenated alkanes) is 1. The number of carbonyl (C=O) groups excluding carboxylic acids is 1. The van der Waals surface area contributed by atoms with Crippen LogP contribution in [0.5, 0.6) is 0 Å². The third-order valence-corrected chi connectivity index (χ3v) is 9.81. The van der Waals surface area contributed by atoms with Gasteiger partial charge in [0.25, 0.3) is 5.91 Å². The first-order valence-corrected chi connectivity index (χ1v) is 15.9. The zero-order valence-electron chi connectivity index (χ0n) is 23.8. The smallest absolute Gasteiger partial charge is 0.256 e. The molecule has 0 saturated heterocycles. The molecule has 0 N–H and O–H groups in total. The second-order valence-corrected chi connectivity index (χ2v) is 12.9. The highest BCUT2D eigenvalue weighted by atomic mass is 32.2. The van der Waals surface area contributed by atoms with E-state index in [1.807, 2.05) is 60.4 Å². The minimum atomic E-state index is -3.80. The molecule has 8 nitrogen and oxygen atoms in total. The van der Waals surface area contributed by atoms with Gasteiger partial charge in [-0.1, -0.05) is 73.8 Å². The molecule has 40 heavy (non-hydrogen) atoms. The molecular weight excluding hydrogens is 524 g/mol. The first kappa shape index (κ1) is 28.1. The van der Waals surface area contributed by atoms with Crippen LogP contribution in [0.4, 0.5) is 11.5 Å². The summed E-state index contributed by atoms with van der Waals surface area (Å²) in [6.45, 7) is 7.68. The third-order valence-electron chi connectivity index (χ3n) is 8.16. The van der Waals surface area contributed by atoms with Gasteiger partial charge in [0, 0.05) is 17.5 Å². The molecule has 2 heterocycles. The number of aryl methyl sites for hydroxylation is 1. The second kappa shape index (κ2) is 11.2. The lowest BCUT2D eigenvalue weighted by Crippen LogP contribution is -2.40. The number of aromatic nitrogens is 1. The molecule has 212 valence electrons. The zero-order chi connectivity index (χ0) is 28.5. The standard InChI is InChI=1S/C31H38N4O4S/c1-5-7-15-28-32-31(18-11-12-19-31)30(36)34(28)21-24-16-17-26(25-13-9-8-10-14-25)27(20-24)35(40(37,38)6-2)29-22(3)23(4)39-33-29/h8-10,13-14,16-17,20H,5-7,11-12,15,18-19,21H2,1-4H3. The summed E-state index contributed by atoms with van der Waals surface area (Å²) in [6.07, 6.45) is 6.36. The highest BCUT2D eigenvalue weighted by Gasteiger charge is 2.49. The van der Waals surface area contributed by atoms with Gasteiger partial charge in [0.1, 0.15) is 17.1 Å². The van der Waals surface area contributed by atoms with Crippen molar-refractivity contribution in [1.29, 1.82) is 0 Å². The summed E-state index contributed by atoms with van der Waals surface area (Å²) in [7, 11) is -3.80. The number of carbonyl (C=O) groups is 1. The molecule has 1 spiro atoms. The molecule has 5 rings (SSSR count). The monoisotopic (exact) mass is 562 g/mol. The van der Waals surface area contributed by atoms with Crippen LogP contribution in [0.1, 0.15) is 75.7 Å². The van der Waals surface area contributed by atoms with E-state index in [9.17, 15) is 13.2 Å². The van der Waals surface area contributed by atoms with E-state index >= 15 is 0 Å². The molecule has 2 aromatic carbocycles. The molecule has 0 unspecified atom stereocenters. The van der Waals surface area contributed by atoms with E-state index in [-0.39, 0.29) is 17.5 Å². The summed E-state index contributed by atoms with van der Waals surface area (Å²) in [5, 5.41) is 4.17. The van der Waals surface area contributed by atoms with Crippen LogP contribution in [0.2, 0.25) is 0 Å². The highest BCUT2D eigenvalue weighted by Crippen LogP contribution is 2.42. The van der Waals surface area contributed by atoms with Crippen molar-refractivity contribution in [3.05, 3.63) is 65.4 Å². The number of rotatable bonds is 10. The lowest BCUT2D eigenvalue weighted by molar-refractivity contribution is -0.131. The van der Waals surface area contributed by atoms with E-state index in [0.29, 0.717) is 23.6 Å². The Labute approximate surface area is 237 Å². The average molecular weight is 563 g/mol. The fourth-order valence-corrected chi connectivity index (χ4v) is 6.85. The second-order valence-electron chi connectivity index (χ2n) is 10.8. The maximum Gasteiger partial charge on any atom is 0.256 e. The van der Waals surface area contributed by atoms with Crippen LogP contribution in [-0.4, -0.2) is 41.5 Å². The number of amides is 1. The Morgan fingerprint density at radius 2 is 1.77 bits per heavy atom. The van der Waals surface area contributed by atoms with E-state index < -0.39 is 15.6 Å². The summed E-state index contributed by atoms with van der Waals surface area (Å²) in [5.74, 6) is 1.62. The molecular formula is C31H38N4O4S. The van der Waals surface area contributed by atoms with Crippen LogP contribution in [0.3, 0.4) is 0 Å². The number of benzene rings is 2. The SMILES string of the molecule is CCCCC1=NC2(CCCC2)C(=O)N1Cc1ccc(-c2ccccc2)c(N(c2noc(C)c2C)S(=O)(=O)CC)c1. The quantitative estimate of drug-likeness (QED) is 0.274. The van der Waals surface area contributed by atoms with Gasteiger partial charge in [0.05, 0.1) is 18.0 Å². The van der Waals surface area contributed by atoms with E-state index in [0.717, 1.165) is 67.5 Å². The Morgan fingerprint density at radius 3 is 2.40 bits per heavy atom. The molecule has 1 amide bonds. The molecule has 3 aromatic rings. The Hall–Kier alpha value is -3.46. The van der Waals surface area contributed by atoms with Crippen LogP contribution < -0.4 is 4.31 Å². The molecule has 0 bridgehead atoms. The Bertz CT molecular complexity index is 1520. The molecule has 1 saturated carbocycles. The van der Waals surface area contributed by atoms with Crippen molar-refractivity contribution < 1.29 is 17.7 Å². The Kier molecular flexibility index (Phi) is 7.86. The van der Waals surface area contributed by atoms with Crippen LogP contribution >= 0.6 is 0 Å². The molecule has 0 radical (unpaired) electrons. The van der Waals surface area contributed by atoms with E-state index in [1.165, 1.54) is 4.31 Å². The zero-order valence-corrected chi connectivity index (χ0v) is 24.6. The summed E-state index contributed by atoms with van der Waals surface area (Å²) < 4.78 is 34.0. The number of sulfonamides is 1. The van der Waals surface area contributed by atoms with Crippen LogP contribution in [0.25, 0.3) is 11.1 Å². The average Bonchev–Trinajstić information content (AvgIpc) is 3.64. The van der Waals surface area contributed by atoms with Gasteiger partial charge in [0.15, 0.2) is 5.82 Å². The molecule has 0 atom stereocenters. The van der Waals surface area contributed by atoms with Gasteiger partial charge in [-0.25, -0.2) is 12.7 Å². The summed E-state index contributed by atoms with van der Waals surface area (Å²) in [6, 6.07) is 15.5. The van der Waals surface area contributed by atoms with Crippen LogP contribution in [-0.2, 0) is 21.4 Å². The fourth-order valence-electron chi connectivity index (χ4n) is 5.71. The lowest BCUT2D eigenvalue weighted by Gasteiger charge is -2.27. The fraction of sp³-hybridized carbons (Fsp3) is 0.452. The van der Waals surface area contributed by atoms with Crippen molar-refractivity contribution >= 4 is 33.3 Å². The van der Waals surface area contributed by atoms with Crippen molar-refractivity contribution in [2.45, 2.75) is 84.7 Å². The van der Waals surface area contributed by atoms with Gasteiger partial charge >= 0.3 is 0 Å². The number of nitrogens with zero attached hydrogens (tertiary/aromatic N) is 4. The van der Waals surface area contributed by atoms with Crippen LogP contribution in [0.15, 0.2) is 58.0 Å². The van der Waals surface area contributed by atoms with Gasteiger partial charge in [-0.05, 0) is 57.2 Å². The first-order chi connectivity index (χ1) is 19.2. The topological polar surface area (TPSA) is 96.1 Å². The van der Waals surface area contributed by atoms with Crippen molar-refractivity contribution in [2.24, 2.45) is 4.99 Å². The van der Waals surface area contributed by atoms with E-state index in [1.54, 1.807) is 13.8 Å². The number of amidine groups is 1. The molecule has 1 fully saturated rings. The van der Waals surface area contributed by atoms with E-state index in [4.69, 9.17) is 9.52 Å². The maximum absolute atomic E-state index is 13.8. The largest absolute Gasteiger partial charge is 0.359 e. The summed E-state index contributed by atoms with van der Waals surface area (Å²) in [4.78, 5) is 20.6. The molecule has 1 aliphatic carbocycles.